The Hall–Kier alpha value is -7.62. The van der Waals surface area contributed by atoms with Crippen molar-refractivity contribution in [2.45, 2.75) is 20.8 Å². The Morgan fingerprint density at radius 2 is 0.467 bits per heavy atom. The standard InChI is InChI=1S/C57H47N3/c1-42-22-32-51(33-23-42)58(52-34-24-45(25-35-52)47-28-38-54(39-29-47)59(49-16-6-4-7-17-49)56-20-12-10-14-43(56)2)53-36-26-46(27-37-53)48-30-40-55(41-31-48)60(50-18-8-5-9-19-50)57-21-13-11-15-44(57)3/h4-41H,1-3H3. The van der Waals surface area contributed by atoms with Crippen LogP contribution in [-0.4, -0.2) is 0 Å². The monoisotopic (exact) mass is 773 g/mol. The number of nitrogens with zero attached hydrogens (tertiary/aromatic N) is 3. The summed E-state index contributed by atoms with van der Waals surface area (Å²) in [6.45, 7) is 6.47. The van der Waals surface area contributed by atoms with Gasteiger partial charge in [0.15, 0.2) is 0 Å². The molecule has 9 aromatic rings. The Labute approximate surface area is 354 Å². The van der Waals surface area contributed by atoms with Crippen LogP contribution < -0.4 is 14.7 Å². The summed E-state index contributed by atoms with van der Waals surface area (Å²) >= 11 is 0. The predicted octanol–water partition coefficient (Wildman–Crippen LogP) is 16.4. The number of hydrogen-bond donors (Lipinski definition) is 0. The Morgan fingerprint density at radius 1 is 0.217 bits per heavy atom. The Morgan fingerprint density at radius 3 is 0.783 bits per heavy atom. The summed E-state index contributed by atoms with van der Waals surface area (Å²) in [5.41, 5.74) is 18.6. The van der Waals surface area contributed by atoms with Crippen molar-refractivity contribution in [2.24, 2.45) is 0 Å². The van der Waals surface area contributed by atoms with E-state index in [2.05, 4.69) is 266 Å². The van der Waals surface area contributed by atoms with Gasteiger partial charge in [0, 0.05) is 51.2 Å². The summed E-state index contributed by atoms with van der Waals surface area (Å²) in [5, 5.41) is 0. The first-order valence-electron chi connectivity index (χ1n) is 20.6. The van der Waals surface area contributed by atoms with E-state index in [0.29, 0.717) is 0 Å². The van der Waals surface area contributed by atoms with Gasteiger partial charge in [-0.05, 0) is 151 Å². The van der Waals surface area contributed by atoms with Crippen molar-refractivity contribution in [1.82, 2.24) is 0 Å². The summed E-state index contributed by atoms with van der Waals surface area (Å²) in [6.07, 6.45) is 0. The first-order chi connectivity index (χ1) is 29.5. The zero-order valence-electron chi connectivity index (χ0n) is 34.3. The molecule has 0 spiro atoms. The van der Waals surface area contributed by atoms with Gasteiger partial charge in [-0.2, -0.15) is 0 Å². The number of anilines is 9. The molecule has 0 saturated carbocycles. The normalized spacial score (nSPS) is 10.9. The average Bonchev–Trinajstić information content (AvgIpc) is 3.30. The van der Waals surface area contributed by atoms with Crippen molar-refractivity contribution in [3.05, 3.63) is 247 Å². The van der Waals surface area contributed by atoms with Crippen molar-refractivity contribution in [1.29, 1.82) is 0 Å². The van der Waals surface area contributed by atoms with Crippen LogP contribution in [0.5, 0.6) is 0 Å². The van der Waals surface area contributed by atoms with Gasteiger partial charge in [0.25, 0.3) is 0 Å². The highest BCUT2D eigenvalue weighted by Crippen LogP contribution is 2.41. The van der Waals surface area contributed by atoms with Crippen LogP contribution in [0.3, 0.4) is 0 Å². The fourth-order valence-electron chi connectivity index (χ4n) is 7.99. The first kappa shape index (κ1) is 37.9. The third-order valence-corrected chi connectivity index (χ3v) is 11.2. The summed E-state index contributed by atoms with van der Waals surface area (Å²) in [7, 11) is 0. The molecule has 0 aliphatic carbocycles. The van der Waals surface area contributed by atoms with Gasteiger partial charge in [0.05, 0.1) is 0 Å². The van der Waals surface area contributed by atoms with E-state index in [1.807, 2.05) is 0 Å². The highest BCUT2D eigenvalue weighted by molar-refractivity contribution is 5.83. The molecule has 3 heteroatoms. The molecular formula is C57H47N3. The van der Waals surface area contributed by atoms with Crippen LogP contribution in [0.1, 0.15) is 16.7 Å². The molecule has 290 valence electrons. The predicted molar refractivity (Wildman–Crippen MR) is 256 cm³/mol. The molecule has 0 N–H and O–H groups in total. The maximum Gasteiger partial charge on any atom is 0.0490 e. The minimum absolute atomic E-state index is 1.10. The summed E-state index contributed by atoms with van der Waals surface area (Å²) in [5.74, 6) is 0. The Balaban J connectivity index is 0.987. The minimum Gasteiger partial charge on any atom is -0.311 e. The van der Waals surface area contributed by atoms with Crippen LogP contribution in [0, 0.1) is 20.8 Å². The van der Waals surface area contributed by atoms with Gasteiger partial charge in [0.2, 0.25) is 0 Å². The molecule has 9 aromatic carbocycles. The molecule has 0 saturated heterocycles. The quantitative estimate of drug-likeness (QED) is 0.130. The SMILES string of the molecule is Cc1ccc(N(c2ccc(-c3ccc(N(c4ccccc4)c4ccccc4C)cc3)cc2)c2ccc(-c3ccc(N(c4ccccc4)c4ccccc4C)cc3)cc2)cc1. The van der Waals surface area contributed by atoms with Gasteiger partial charge < -0.3 is 14.7 Å². The molecule has 0 aliphatic heterocycles. The van der Waals surface area contributed by atoms with Gasteiger partial charge in [-0.15, -0.1) is 0 Å². The van der Waals surface area contributed by atoms with Crippen LogP contribution in [0.25, 0.3) is 22.3 Å². The smallest absolute Gasteiger partial charge is 0.0490 e. The third-order valence-electron chi connectivity index (χ3n) is 11.2. The van der Waals surface area contributed by atoms with Crippen LogP contribution in [0.15, 0.2) is 231 Å². The fraction of sp³-hybridized carbons (Fsp3) is 0.0526. The molecule has 0 amide bonds. The zero-order chi connectivity index (χ0) is 40.8. The minimum atomic E-state index is 1.10. The van der Waals surface area contributed by atoms with Gasteiger partial charge >= 0.3 is 0 Å². The number of aryl methyl sites for hydroxylation is 3. The van der Waals surface area contributed by atoms with Crippen LogP contribution in [0.2, 0.25) is 0 Å². The maximum atomic E-state index is 2.33. The topological polar surface area (TPSA) is 9.72 Å². The Bertz CT molecular complexity index is 2620. The maximum absolute atomic E-state index is 2.33. The molecule has 0 aliphatic rings. The molecule has 0 unspecified atom stereocenters. The number of benzene rings is 9. The lowest BCUT2D eigenvalue weighted by Crippen LogP contribution is -2.11. The second kappa shape index (κ2) is 17.1. The van der Waals surface area contributed by atoms with Crippen molar-refractivity contribution >= 4 is 51.2 Å². The van der Waals surface area contributed by atoms with Crippen LogP contribution in [0.4, 0.5) is 51.2 Å². The van der Waals surface area contributed by atoms with E-state index >= 15 is 0 Å². The van der Waals surface area contributed by atoms with Crippen molar-refractivity contribution in [3.8, 4) is 22.3 Å². The second-order valence-corrected chi connectivity index (χ2v) is 15.3. The number of hydrogen-bond acceptors (Lipinski definition) is 3. The highest BCUT2D eigenvalue weighted by atomic mass is 15.2. The van der Waals surface area contributed by atoms with E-state index in [-0.39, 0.29) is 0 Å². The van der Waals surface area contributed by atoms with Crippen LogP contribution in [-0.2, 0) is 0 Å². The number of para-hydroxylation sites is 4. The summed E-state index contributed by atoms with van der Waals surface area (Å²) in [6, 6.07) is 82.7. The highest BCUT2D eigenvalue weighted by Gasteiger charge is 2.17. The Kier molecular flexibility index (Phi) is 10.8. The lowest BCUT2D eigenvalue weighted by Gasteiger charge is -2.27. The molecule has 0 atom stereocenters. The molecular weight excluding hydrogens is 727 g/mol. The molecule has 0 heterocycles. The fourth-order valence-corrected chi connectivity index (χ4v) is 7.99. The second-order valence-electron chi connectivity index (χ2n) is 15.3. The molecule has 60 heavy (non-hydrogen) atoms. The van der Waals surface area contributed by atoms with Crippen molar-refractivity contribution in [3.63, 3.8) is 0 Å². The van der Waals surface area contributed by atoms with E-state index in [1.165, 1.54) is 50.3 Å². The van der Waals surface area contributed by atoms with E-state index < -0.39 is 0 Å². The molecule has 0 bridgehead atoms. The van der Waals surface area contributed by atoms with E-state index in [0.717, 1.165) is 39.8 Å². The zero-order valence-corrected chi connectivity index (χ0v) is 34.3. The van der Waals surface area contributed by atoms with Gasteiger partial charge in [0.1, 0.15) is 0 Å². The lowest BCUT2D eigenvalue weighted by molar-refractivity contribution is 1.25. The van der Waals surface area contributed by atoms with Crippen molar-refractivity contribution < 1.29 is 0 Å². The third kappa shape index (κ3) is 7.94. The van der Waals surface area contributed by atoms with E-state index in [4.69, 9.17) is 0 Å². The first-order valence-corrected chi connectivity index (χ1v) is 20.6. The van der Waals surface area contributed by atoms with Gasteiger partial charge in [-0.1, -0.05) is 139 Å². The molecule has 0 radical (unpaired) electrons. The van der Waals surface area contributed by atoms with Crippen LogP contribution >= 0.6 is 0 Å². The van der Waals surface area contributed by atoms with Gasteiger partial charge in [-0.25, -0.2) is 0 Å². The van der Waals surface area contributed by atoms with E-state index in [9.17, 15) is 0 Å². The molecule has 0 fully saturated rings. The molecule has 0 aromatic heterocycles. The largest absolute Gasteiger partial charge is 0.311 e. The molecule has 3 nitrogen and oxygen atoms in total. The molecule has 9 rings (SSSR count). The van der Waals surface area contributed by atoms with E-state index in [1.54, 1.807) is 0 Å². The summed E-state index contributed by atoms with van der Waals surface area (Å²) in [4.78, 5) is 6.99. The van der Waals surface area contributed by atoms with Crippen molar-refractivity contribution in [2.75, 3.05) is 14.7 Å². The summed E-state index contributed by atoms with van der Waals surface area (Å²) < 4.78 is 0. The number of rotatable bonds is 11. The average molecular weight is 774 g/mol. The van der Waals surface area contributed by atoms with Gasteiger partial charge in [-0.3, -0.25) is 0 Å². The lowest BCUT2D eigenvalue weighted by atomic mass is 10.0.